The van der Waals surface area contributed by atoms with Crippen LogP contribution in [-0.4, -0.2) is 38.8 Å². The van der Waals surface area contributed by atoms with Crippen molar-refractivity contribution in [3.8, 4) is 0 Å². The number of primary amides is 1. The maximum atomic E-state index is 11.1. The van der Waals surface area contributed by atoms with Gasteiger partial charge in [0, 0.05) is 24.4 Å². The summed E-state index contributed by atoms with van der Waals surface area (Å²) in [5.74, 6) is 0.793. The van der Waals surface area contributed by atoms with E-state index < -0.39 is 5.91 Å². The highest BCUT2D eigenvalue weighted by Gasteiger charge is 2.26. The SMILES string of the molecule is CC(c1ccncc1)N1CCC(c2ncc(C(N)=O)[nH]2)CC1. The molecule has 2 aromatic rings. The number of nitrogens with one attached hydrogen (secondary N) is 1. The first-order valence-electron chi connectivity index (χ1n) is 7.64. The fourth-order valence-corrected chi connectivity index (χ4v) is 3.08. The summed E-state index contributed by atoms with van der Waals surface area (Å²) in [6.07, 6.45) is 7.27. The molecular weight excluding hydrogens is 278 g/mol. The van der Waals surface area contributed by atoms with Crippen LogP contribution in [0.5, 0.6) is 0 Å². The largest absolute Gasteiger partial charge is 0.364 e. The number of pyridine rings is 1. The lowest BCUT2D eigenvalue weighted by Gasteiger charge is -2.35. The van der Waals surface area contributed by atoms with E-state index in [0.717, 1.165) is 31.8 Å². The van der Waals surface area contributed by atoms with Gasteiger partial charge in [-0.2, -0.15) is 0 Å². The zero-order valence-corrected chi connectivity index (χ0v) is 12.7. The lowest BCUT2D eigenvalue weighted by Crippen LogP contribution is -2.35. The molecule has 1 aliphatic heterocycles. The summed E-state index contributed by atoms with van der Waals surface area (Å²) in [7, 11) is 0. The molecule has 1 aliphatic rings. The van der Waals surface area contributed by atoms with Crippen LogP contribution in [0.2, 0.25) is 0 Å². The smallest absolute Gasteiger partial charge is 0.266 e. The van der Waals surface area contributed by atoms with E-state index in [-0.39, 0.29) is 0 Å². The van der Waals surface area contributed by atoms with Crippen molar-refractivity contribution in [1.82, 2.24) is 19.9 Å². The Bertz CT molecular complexity index is 631. The summed E-state index contributed by atoms with van der Waals surface area (Å²) in [4.78, 5) is 25.0. The number of H-pyrrole nitrogens is 1. The minimum atomic E-state index is -0.456. The Kier molecular flexibility index (Phi) is 4.20. The van der Waals surface area contributed by atoms with Crippen LogP contribution in [0, 0.1) is 0 Å². The second-order valence-corrected chi connectivity index (χ2v) is 5.81. The van der Waals surface area contributed by atoms with E-state index in [0.29, 0.717) is 17.7 Å². The first kappa shape index (κ1) is 14.7. The van der Waals surface area contributed by atoms with Gasteiger partial charge in [0.2, 0.25) is 0 Å². The van der Waals surface area contributed by atoms with Crippen molar-refractivity contribution in [3.63, 3.8) is 0 Å². The quantitative estimate of drug-likeness (QED) is 0.901. The molecule has 0 aliphatic carbocycles. The third-order valence-electron chi connectivity index (χ3n) is 4.51. The molecule has 1 atom stereocenters. The number of amides is 1. The zero-order chi connectivity index (χ0) is 15.5. The highest BCUT2D eigenvalue weighted by molar-refractivity contribution is 5.90. The van der Waals surface area contributed by atoms with Crippen LogP contribution in [0.25, 0.3) is 0 Å². The minimum absolute atomic E-state index is 0.369. The van der Waals surface area contributed by atoms with Crippen LogP contribution < -0.4 is 5.73 Å². The lowest BCUT2D eigenvalue weighted by molar-refractivity contribution is 0.0995. The standard InChI is InChI=1S/C16H21N5O/c1-11(12-2-6-18-7-3-12)21-8-4-13(5-9-21)16-19-10-14(20-16)15(17)22/h2-3,6-7,10-11,13H,4-5,8-9H2,1H3,(H2,17,22)(H,19,20). The summed E-state index contributed by atoms with van der Waals surface area (Å²) in [6.45, 7) is 4.26. The predicted molar refractivity (Wildman–Crippen MR) is 83.3 cm³/mol. The fraction of sp³-hybridized carbons (Fsp3) is 0.438. The van der Waals surface area contributed by atoms with Crippen LogP contribution in [0.3, 0.4) is 0 Å². The molecule has 6 nitrogen and oxygen atoms in total. The van der Waals surface area contributed by atoms with Crippen molar-refractivity contribution >= 4 is 5.91 Å². The molecule has 0 spiro atoms. The van der Waals surface area contributed by atoms with Gasteiger partial charge in [0.25, 0.3) is 5.91 Å². The minimum Gasteiger partial charge on any atom is -0.364 e. The Morgan fingerprint density at radius 1 is 1.36 bits per heavy atom. The predicted octanol–water partition coefficient (Wildman–Crippen LogP) is 1.84. The number of nitrogens with zero attached hydrogens (tertiary/aromatic N) is 3. The van der Waals surface area contributed by atoms with Gasteiger partial charge in [-0.15, -0.1) is 0 Å². The maximum Gasteiger partial charge on any atom is 0.266 e. The molecule has 0 radical (unpaired) electrons. The van der Waals surface area contributed by atoms with E-state index in [9.17, 15) is 4.79 Å². The number of imidazole rings is 1. The topological polar surface area (TPSA) is 87.9 Å². The second kappa shape index (κ2) is 6.27. The van der Waals surface area contributed by atoms with Gasteiger partial charge in [0.15, 0.2) is 0 Å². The van der Waals surface area contributed by atoms with E-state index in [1.165, 1.54) is 11.8 Å². The first-order valence-corrected chi connectivity index (χ1v) is 7.64. The molecule has 0 aromatic carbocycles. The van der Waals surface area contributed by atoms with Crippen LogP contribution in [0.4, 0.5) is 0 Å². The van der Waals surface area contributed by atoms with E-state index >= 15 is 0 Å². The molecule has 1 amide bonds. The number of piperidine rings is 1. The Morgan fingerprint density at radius 3 is 2.64 bits per heavy atom. The molecule has 3 N–H and O–H groups in total. The third kappa shape index (κ3) is 3.01. The van der Waals surface area contributed by atoms with Gasteiger partial charge in [-0.1, -0.05) is 0 Å². The van der Waals surface area contributed by atoms with Gasteiger partial charge in [0.1, 0.15) is 11.5 Å². The molecule has 116 valence electrons. The van der Waals surface area contributed by atoms with E-state index in [2.05, 4.69) is 38.9 Å². The summed E-state index contributed by atoms with van der Waals surface area (Å²) >= 11 is 0. The number of hydrogen-bond donors (Lipinski definition) is 2. The van der Waals surface area contributed by atoms with Gasteiger partial charge < -0.3 is 10.7 Å². The second-order valence-electron chi connectivity index (χ2n) is 5.81. The van der Waals surface area contributed by atoms with Gasteiger partial charge in [-0.3, -0.25) is 14.7 Å². The highest BCUT2D eigenvalue weighted by Crippen LogP contribution is 2.30. The van der Waals surface area contributed by atoms with E-state index in [1.807, 2.05) is 12.4 Å². The molecule has 22 heavy (non-hydrogen) atoms. The summed E-state index contributed by atoms with van der Waals surface area (Å²) < 4.78 is 0. The molecule has 2 aromatic heterocycles. The average molecular weight is 299 g/mol. The normalized spacial score (nSPS) is 18.2. The molecule has 3 heterocycles. The van der Waals surface area contributed by atoms with E-state index in [1.54, 1.807) is 0 Å². The summed E-state index contributed by atoms with van der Waals surface area (Å²) in [5, 5.41) is 0. The van der Waals surface area contributed by atoms with Crippen LogP contribution in [-0.2, 0) is 0 Å². The highest BCUT2D eigenvalue weighted by atomic mass is 16.1. The Morgan fingerprint density at radius 2 is 2.05 bits per heavy atom. The van der Waals surface area contributed by atoms with Gasteiger partial charge in [0.05, 0.1) is 6.20 Å². The zero-order valence-electron chi connectivity index (χ0n) is 12.7. The number of rotatable bonds is 4. The molecule has 0 bridgehead atoms. The van der Waals surface area contributed by atoms with Crippen molar-refractivity contribution in [2.45, 2.75) is 31.7 Å². The van der Waals surface area contributed by atoms with E-state index in [4.69, 9.17) is 5.73 Å². The molecule has 1 saturated heterocycles. The molecule has 1 fully saturated rings. The van der Waals surface area contributed by atoms with Crippen molar-refractivity contribution in [2.24, 2.45) is 5.73 Å². The number of likely N-dealkylation sites (tertiary alicyclic amines) is 1. The van der Waals surface area contributed by atoms with Crippen LogP contribution >= 0.6 is 0 Å². The van der Waals surface area contributed by atoms with Gasteiger partial charge in [-0.05, 0) is 50.6 Å². The Hall–Kier alpha value is -2.21. The Balaban J connectivity index is 1.61. The maximum absolute atomic E-state index is 11.1. The van der Waals surface area contributed by atoms with Crippen LogP contribution in [0.15, 0.2) is 30.7 Å². The number of nitrogens with two attached hydrogens (primary N) is 1. The lowest BCUT2D eigenvalue weighted by atomic mass is 9.94. The van der Waals surface area contributed by atoms with Gasteiger partial charge in [-0.25, -0.2) is 4.98 Å². The third-order valence-corrected chi connectivity index (χ3v) is 4.51. The van der Waals surface area contributed by atoms with Crippen molar-refractivity contribution in [1.29, 1.82) is 0 Å². The molecular formula is C16H21N5O. The average Bonchev–Trinajstić information content (AvgIpc) is 3.05. The fourth-order valence-electron chi connectivity index (χ4n) is 3.08. The number of carbonyl (C=O) groups is 1. The number of aromatic nitrogens is 3. The Labute approximate surface area is 129 Å². The molecule has 6 heteroatoms. The number of hydrogen-bond acceptors (Lipinski definition) is 4. The summed E-state index contributed by atoms with van der Waals surface area (Å²) in [5.41, 5.74) is 6.94. The first-order chi connectivity index (χ1) is 10.6. The molecule has 3 rings (SSSR count). The van der Waals surface area contributed by atoms with Crippen LogP contribution in [0.1, 0.15) is 53.6 Å². The number of aromatic amines is 1. The van der Waals surface area contributed by atoms with Gasteiger partial charge >= 0.3 is 0 Å². The summed E-state index contributed by atoms with van der Waals surface area (Å²) in [6, 6.07) is 4.53. The molecule has 0 saturated carbocycles. The monoisotopic (exact) mass is 299 g/mol. The van der Waals surface area contributed by atoms with Crippen molar-refractivity contribution in [3.05, 3.63) is 47.8 Å². The molecule has 1 unspecified atom stereocenters. The van der Waals surface area contributed by atoms with Crippen molar-refractivity contribution in [2.75, 3.05) is 13.1 Å². The number of carbonyl (C=O) groups excluding carboxylic acids is 1. The van der Waals surface area contributed by atoms with Crippen molar-refractivity contribution < 1.29 is 4.79 Å².